The molecule has 2 bridgehead atoms. The number of hydrogen-bond donors (Lipinski definition) is 1. The highest BCUT2D eigenvalue weighted by atomic mass is 16.6. The monoisotopic (exact) mass is 582 g/mol. The third-order valence-corrected chi connectivity index (χ3v) is 9.23. The number of nitrogens with zero attached hydrogens (tertiary/aromatic N) is 2. The van der Waals surface area contributed by atoms with Gasteiger partial charge in [0, 0.05) is 25.4 Å². The number of amides is 2. The number of aliphatic hydroxyl groups is 1. The number of ether oxygens (including phenoxy) is 3. The third-order valence-electron chi connectivity index (χ3n) is 9.23. The molecule has 1 aromatic carbocycles. The summed E-state index contributed by atoms with van der Waals surface area (Å²) in [6.07, 6.45) is 9.50. The summed E-state index contributed by atoms with van der Waals surface area (Å²) in [5.74, 6) is -1.80. The fraction of sp³-hybridized carbons (Fsp3) is 0.606. The van der Waals surface area contributed by atoms with Crippen LogP contribution in [-0.2, 0) is 23.9 Å². The first-order valence-corrected chi connectivity index (χ1v) is 15.3. The molecule has 0 saturated carbocycles. The summed E-state index contributed by atoms with van der Waals surface area (Å²) < 4.78 is 17.9. The van der Waals surface area contributed by atoms with E-state index in [0.29, 0.717) is 62.9 Å². The van der Waals surface area contributed by atoms with E-state index in [-0.39, 0.29) is 31.6 Å². The maximum absolute atomic E-state index is 14.6. The van der Waals surface area contributed by atoms with E-state index in [9.17, 15) is 19.5 Å². The second kappa shape index (κ2) is 13.9. The lowest BCUT2D eigenvalue weighted by atomic mass is 9.65. The minimum absolute atomic E-state index is 0.0658. The standard InChI is InChI=1S/C33H46N2O7/c1-5-8-9-13-23-41-31(39)27-26-29(37)35(21-11-10-12-22-36)28(33(26)19-18-32(27,7-3)42-33)30(38)34(20-6-2)24-14-16-25(40-4)17-15-24/h5-6,14-17,26-28,36H,1-2,7-13,18-23H2,3-4H3/t26-,27+,28?,32-,33?/m0/s1. The first kappa shape index (κ1) is 31.8. The Kier molecular flexibility index (Phi) is 10.5. The third kappa shape index (κ3) is 5.73. The number of likely N-dealkylation sites (tertiary alicyclic amines) is 1. The van der Waals surface area contributed by atoms with Crippen molar-refractivity contribution in [1.82, 2.24) is 4.90 Å². The Morgan fingerprint density at radius 1 is 1.12 bits per heavy atom. The van der Waals surface area contributed by atoms with E-state index in [4.69, 9.17) is 14.2 Å². The maximum Gasteiger partial charge on any atom is 0.312 e. The highest BCUT2D eigenvalue weighted by Crippen LogP contribution is 2.64. The Labute approximate surface area is 249 Å². The lowest BCUT2D eigenvalue weighted by Crippen LogP contribution is -2.56. The van der Waals surface area contributed by atoms with Crippen LogP contribution in [0.1, 0.15) is 64.7 Å². The summed E-state index contributed by atoms with van der Waals surface area (Å²) in [7, 11) is 1.58. The molecule has 3 aliphatic heterocycles. The molecule has 2 unspecified atom stereocenters. The number of carbonyl (C=O) groups is 3. The fourth-order valence-corrected chi connectivity index (χ4v) is 7.18. The molecule has 3 saturated heterocycles. The molecule has 0 aromatic heterocycles. The Hall–Kier alpha value is -3.17. The molecular formula is C33H46N2O7. The second-order valence-electron chi connectivity index (χ2n) is 11.5. The minimum atomic E-state index is -1.13. The van der Waals surface area contributed by atoms with Gasteiger partial charge in [-0.15, -0.1) is 13.2 Å². The van der Waals surface area contributed by atoms with E-state index in [1.807, 2.05) is 25.1 Å². The van der Waals surface area contributed by atoms with Gasteiger partial charge in [-0.3, -0.25) is 14.4 Å². The van der Waals surface area contributed by atoms with Gasteiger partial charge in [-0.25, -0.2) is 0 Å². The molecule has 5 atom stereocenters. The molecule has 1 N–H and O–H groups in total. The van der Waals surface area contributed by atoms with E-state index < -0.39 is 35.0 Å². The first-order valence-electron chi connectivity index (χ1n) is 15.3. The van der Waals surface area contributed by atoms with Crippen molar-refractivity contribution in [2.24, 2.45) is 11.8 Å². The van der Waals surface area contributed by atoms with Crippen LogP contribution >= 0.6 is 0 Å². The fourth-order valence-electron chi connectivity index (χ4n) is 7.18. The molecule has 3 fully saturated rings. The number of anilines is 1. The van der Waals surface area contributed by atoms with E-state index in [1.165, 1.54) is 0 Å². The van der Waals surface area contributed by atoms with Crippen molar-refractivity contribution in [3.63, 3.8) is 0 Å². The topological polar surface area (TPSA) is 106 Å². The lowest BCUT2D eigenvalue weighted by Gasteiger charge is -2.37. The van der Waals surface area contributed by atoms with Crippen LogP contribution < -0.4 is 9.64 Å². The van der Waals surface area contributed by atoms with Gasteiger partial charge in [0.15, 0.2) is 0 Å². The molecule has 4 rings (SSSR count). The molecule has 1 spiro atoms. The summed E-state index contributed by atoms with van der Waals surface area (Å²) in [5.41, 5.74) is -1.32. The Balaban J connectivity index is 1.70. The predicted octanol–water partition coefficient (Wildman–Crippen LogP) is 4.43. The molecule has 0 radical (unpaired) electrons. The van der Waals surface area contributed by atoms with Gasteiger partial charge < -0.3 is 29.1 Å². The maximum atomic E-state index is 14.6. The summed E-state index contributed by atoms with van der Waals surface area (Å²) in [6.45, 7) is 10.5. The van der Waals surface area contributed by atoms with Crippen molar-refractivity contribution in [3.05, 3.63) is 49.6 Å². The van der Waals surface area contributed by atoms with Crippen molar-refractivity contribution in [2.75, 3.05) is 38.3 Å². The van der Waals surface area contributed by atoms with Crippen LogP contribution in [0.2, 0.25) is 0 Å². The van der Waals surface area contributed by atoms with Crippen molar-refractivity contribution in [1.29, 1.82) is 0 Å². The average Bonchev–Trinajstić information content (AvgIpc) is 3.61. The zero-order valence-corrected chi connectivity index (χ0v) is 25.1. The number of hydrogen-bond acceptors (Lipinski definition) is 7. The molecule has 3 heterocycles. The zero-order chi connectivity index (χ0) is 30.3. The van der Waals surface area contributed by atoms with Gasteiger partial charge in [0.1, 0.15) is 23.3 Å². The summed E-state index contributed by atoms with van der Waals surface area (Å²) in [5, 5.41) is 9.30. The number of aliphatic hydroxyl groups excluding tert-OH is 1. The Morgan fingerprint density at radius 3 is 2.52 bits per heavy atom. The number of unbranched alkanes of at least 4 members (excludes halogenated alkanes) is 4. The summed E-state index contributed by atoms with van der Waals surface area (Å²) >= 11 is 0. The summed E-state index contributed by atoms with van der Waals surface area (Å²) in [6, 6.07) is 6.30. The molecule has 0 aliphatic carbocycles. The normalized spacial score (nSPS) is 27.5. The van der Waals surface area contributed by atoms with Crippen molar-refractivity contribution in [3.8, 4) is 5.75 Å². The molecule has 9 heteroatoms. The Morgan fingerprint density at radius 2 is 1.88 bits per heavy atom. The van der Waals surface area contributed by atoms with Gasteiger partial charge in [0.2, 0.25) is 5.91 Å². The van der Waals surface area contributed by atoms with Gasteiger partial charge in [0.25, 0.3) is 5.91 Å². The average molecular weight is 583 g/mol. The number of carbonyl (C=O) groups excluding carboxylic acids is 3. The molecule has 1 aromatic rings. The lowest BCUT2D eigenvalue weighted by molar-refractivity contribution is -0.161. The first-order chi connectivity index (χ1) is 20.3. The van der Waals surface area contributed by atoms with Gasteiger partial charge in [-0.2, -0.15) is 0 Å². The van der Waals surface area contributed by atoms with Crippen LogP contribution in [0.25, 0.3) is 0 Å². The largest absolute Gasteiger partial charge is 0.497 e. The minimum Gasteiger partial charge on any atom is -0.497 e. The van der Waals surface area contributed by atoms with E-state index in [1.54, 1.807) is 35.1 Å². The van der Waals surface area contributed by atoms with Gasteiger partial charge in [-0.1, -0.05) is 19.1 Å². The van der Waals surface area contributed by atoms with Crippen LogP contribution in [0.4, 0.5) is 5.69 Å². The van der Waals surface area contributed by atoms with E-state index in [2.05, 4.69) is 13.2 Å². The molecule has 42 heavy (non-hydrogen) atoms. The zero-order valence-electron chi connectivity index (χ0n) is 25.1. The van der Waals surface area contributed by atoms with Crippen molar-refractivity contribution >= 4 is 23.5 Å². The van der Waals surface area contributed by atoms with Crippen LogP contribution in [0, 0.1) is 11.8 Å². The number of methoxy groups -OCH3 is 1. The number of allylic oxidation sites excluding steroid dienone is 1. The molecule has 230 valence electrons. The second-order valence-corrected chi connectivity index (χ2v) is 11.5. The highest BCUT2D eigenvalue weighted by Gasteiger charge is 2.79. The molecule has 2 amide bonds. The van der Waals surface area contributed by atoms with E-state index in [0.717, 1.165) is 12.8 Å². The quantitative estimate of drug-likeness (QED) is 0.165. The van der Waals surface area contributed by atoms with E-state index >= 15 is 0 Å². The SMILES string of the molecule is C=CCCCCOC(=O)[C@H]1[C@H]2C(=O)N(CCCCCO)C(C(=O)N(CC=C)c3ccc(OC)cc3)C23CC[C@]1(CC)O3. The van der Waals surface area contributed by atoms with Crippen LogP contribution in [0.5, 0.6) is 5.75 Å². The predicted molar refractivity (Wildman–Crippen MR) is 160 cm³/mol. The highest BCUT2D eigenvalue weighted by molar-refractivity contribution is 6.04. The number of esters is 1. The Bertz CT molecular complexity index is 1140. The number of fused-ring (bicyclic) bond motifs is 1. The molecule has 3 aliphatic rings. The summed E-state index contributed by atoms with van der Waals surface area (Å²) in [4.78, 5) is 45.9. The van der Waals surface area contributed by atoms with Gasteiger partial charge in [0.05, 0.1) is 25.2 Å². The number of benzene rings is 1. The van der Waals surface area contributed by atoms with Crippen molar-refractivity contribution in [2.45, 2.75) is 82.0 Å². The molecular weight excluding hydrogens is 536 g/mol. The van der Waals surface area contributed by atoms with Gasteiger partial charge in [-0.05, 0) is 82.1 Å². The smallest absolute Gasteiger partial charge is 0.312 e. The molecule has 9 nitrogen and oxygen atoms in total. The van der Waals surface area contributed by atoms with Crippen molar-refractivity contribution < 1.29 is 33.7 Å². The number of rotatable bonds is 17. The van der Waals surface area contributed by atoms with Gasteiger partial charge >= 0.3 is 5.97 Å². The van der Waals surface area contributed by atoms with Crippen LogP contribution in [-0.4, -0.2) is 78.4 Å². The van der Waals surface area contributed by atoms with Crippen LogP contribution in [0.15, 0.2) is 49.6 Å². The van der Waals surface area contributed by atoms with Crippen LogP contribution in [0.3, 0.4) is 0 Å².